The molecule has 184 valence electrons. The molecule has 1 aliphatic heterocycles. The van der Waals surface area contributed by atoms with E-state index in [0.717, 1.165) is 42.5 Å². The molecule has 0 spiro atoms. The first kappa shape index (κ1) is 23.5. The van der Waals surface area contributed by atoms with Gasteiger partial charge in [0.1, 0.15) is 0 Å². The summed E-state index contributed by atoms with van der Waals surface area (Å²) in [5, 5.41) is 17.9. The number of urea groups is 1. The van der Waals surface area contributed by atoms with Gasteiger partial charge >= 0.3 is 6.03 Å². The molecule has 2 aliphatic rings. The van der Waals surface area contributed by atoms with E-state index in [2.05, 4.69) is 0 Å². The van der Waals surface area contributed by atoms with Crippen molar-refractivity contribution in [1.82, 2.24) is 5.01 Å². The molecule has 1 heterocycles. The van der Waals surface area contributed by atoms with Crippen LogP contribution in [0.25, 0.3) is 0 Å². The van der Waals surface area contributed by atoms with E-state index in [1.165, 1.54) is 18.6 Å². The second kappa shape index (κ2) is 9.81. The average Bonchev–Trinajstić information content (AvgIpc) is 3.03. The molecule has 8 nitrogen and oxygen atoms in total. The van der Waals surface area contributed by atoms with Crippen molar-refractivity contribution in [2.75, 3.05) is 10.6 Å². The third-order valence-electron chi connectivity index (χ3n) is 7.10. The number of amides is 2. The summed E-state index contributed by atoms with van der Waals surface area (Å²) in [7, 11) is 0. The van der Waals surface area contributed by atoms with E-state index in [-0.39, 0.29) is 23.7 Å². The lowest BCUT2D eigenvalue weighted by Gasteiger charge is -2.30. The molecule has 0 saturated heterocycles. The predicted molar refractivity (Wildman–Crippen MR) is 141 cm³/mol. The molecule has 1 aliphatic carbocycles. The molecule has 3 aromatic rings. The highest BCUT2D eigenvalue weighted by Crippen LogP contribution is 2.40. The number of nitrogen functional groups attached to an aromatic ring is 1. The number of hydrazone groups is 1. The maximum Gasteiger partial charge on any atom is 0.350 e. The van der Waals surface area contributed by atoms with Crippen LogP contribution in [0.1, 0.15) is 56.2 Å². The minimum absolute atomic E-state index is 0.0350. The van der Waals surface area contributed by atoms with Crippen LogP contribution in [0.3, 0.4) is 0 Å². The van der Waals surface area contributed by atoms with Crippen molar-refractivity contribution in [1.29, 1.82) is 0 Å². The van der Waals surface area contributed by atoms with E-state index >= 15 is 0 Å². The minimum Gasteiger partial charge on any atom is -0.399 e. The van der Waals surface area contributed by atoms with Crippen LogP contribution in [0.2, 0.25) is 0 Å². The molecule has 1 fully saturated rings. The van der Waals surface area contributed by atoms with Crippen LogP contribution >= 0.6 is 0 Å². The van der Waals surface area contributed by atoms with Gasteiger partial charge in [0.25, 0.3) is 5.69 Å². The molecular weight excluding hydrogens is 454 g/mol. The Hall–Kier alpha value is -4.20. The number of anilines is 3. The van der Waals surface area contributed by atoms with Crippen molar-refractivity contribution in [3.05, 3.63) is 94.0 Å². The number of nitrogens with zero attached hydrogens (tertiary/aromatic N) is 4. The van der Waals surface area contributed by atoms with Crippen LogP contribution in [-0.2, 0) is 0 Å². The normalized spacial score (nSPS) is 17.2. The maximum atomic E-state index is 14.2. The summed E-state index contributed by atoms with van der Waals surface area (Å²) in [6.45, 7) is 1.97. The Kier molecular flexibility index (Phi) is 6.41. The Morgan fingerprint density at radius 3 is 2.36 bits per heavy atom. The van der Waals surface area contributed by atoms with Crippen LogP contribution in [0.4, 0.5) is 27.5 Å². The van der Waals surface area contributed by atoms with Gasteiger partial charge in [-0.25, -0.2) is 9.80 Å². The molecular formula is C28H29N5O3. The van der Waals surface area contributed by atoms with Crippen molar-refractivity contribution in [3.63, 3.8) is 0 Å². The third kappa shape index (κ3) is 4.42. The standard InChI is InChI=1S/C28H29N5O3/c1-19(20-8-4-2-5-9-20)32-28(34)31(23-13-15-24(16-14-23)33(35)36)26-17-12-22(29)18-25(26)27(30-32)21-10-6-3-7-11-21/h2,4-5,8-9,12-19,21H,3,6-7,10-11,29H2,1H3. The molecule has 2 N–H and O–H groups in total. The number of nitro groups is 1. The maximum absolute atomic E-state index is 14.2. The number of hydrogen-bond acceptors (Lipinski definition) is 5. The monoisotopic (exact) mass is 483 g/mol. The fraction of sp³-hybridized carbons (Fsp3) is 0.286. The van der Waals surface area contributed by atoms with Crippen LogP contribution < -0.4 is 10.6 Å². The van der Waals surface area contributed by atoms with Gasteiger partial charge < -0.3 is 5.73 Å². The van der Waals surface area contributed by atoms with Gasteiger partial charge in [0.15, 0.2) is 0 Å². The van der Waals surface area contributed by atoms with Crippen LogP contribution in [-0.4, -0.2) is 21.7 Å². The Morgan fingerprint density at radius 2 is 1.69 bits per heavy atom. The zero-order chi connectivity index (χ0) is 25.2. The van der Waals surface area contributed by atoms with E-state index in [1.54, 1.807) is 28.1 Å². The molecule has 8 heteroatoms. The van der Waals surface area contributed by atoms with Gasteiger partial charge in [0.2, 0.25) is 0 Å². The van der Waals surface area contributed by atoms with E-state index in [1.807, 2.05) is 49.4 Å². The highest BCUT2D eigenvalue weighted by atomic mass is 16.6. The summed E-state index contributed by atoms with van der Waals surface area (Å²) in [6.07, 6.45) is 5.45. The molecule has 1 saturated carbocycles. The number of nitro benzene ring substituents is 1. The highest BCUT2D eigenvalue weighted by Gasteiger charge is 2.36. The summed E-state index contributed by atoms with van der Waals surface area (Å²) in [5.74, 6) is 0.217. The number of carbonyl (C=O) groups is 1. The predicted octanol–water partition coefficient (Wildman–Crippen LogP) is 6.80. The van der Waals surface area contributed by atoms with Crippen molar-refractivity contribution < 1.29 is 9.72 Å². The van der Waals surface area contributed by atoms with Gasteiger partial charge in [-0.05, 0) is 55.7 Å². The molecule has 0 radical (unpaired) electrons. The summed E-state index contributed by atoms with van der Waals surface area (Å²) in [4.78, 5) is 26.6. The van der Waals surface area contributed by atoms with E-state index in [9.17, 15) is 14.9 Å². The Bertz CT molecular complexity index is 1300. The summed E-state index contributed by atoms with van der Waals surface area (Å²) < 4.78 is 0. The smallest absolute Gasteiger partial charge is 0.350 e. The molecule has 1 unspecified atom stereocenters. The topological polar surface area (TPSA) is 105 Å². The first-order valence-corrected chi connectivity index (χ1v) is 12.3. The van der Waals surface area contributed by atoms with E-state index < -0.39 is 4.92 Å². The van der Waals surface area contributed by atoms with Gasteiger partial charge in [-0.3, -0.25) is 15.0 Å². The minimum atomic E-state index is -0.448. The molecule has 5 rings (SSSR count). The Morgan fingerprint density at radius 1 is 1.00 bits per heavy atom. The van der Waals surface area contributed by atoms with Crippen LogP contribution in [0.5, 0.6) is 0 Å². The van der Waals surface area contributed by atoms with Gasteiger partial charge in [0.05, 0.1) is 28.1 Å². The van der Waals surface area contributed by atoms with Crippen molar-refractivity contribution in [3.8, 4) is 0 Å². The summed E-state index contributed by atoms with van der Waals surface area (Å²) in [5.41, 5.74) is 10.7. The van der Waals surface area contributed by atoms with Crippen LogP contribution in [0, 0.1) is 16.0 Å². The molecule has 1 atom stereocenters. The van der Waals surface area contributed by atoms with Crippen molar-refractivity contribution in [2.45, 2.75) is 45.1 Å². The first-order valence-electron chi connectivity index (χ1n) is 12.3. The van der Waals surface area contributed by atoms with Crippen molar-refractivity contribution >= 4 is 34.5 Å². The number of rotatable bonds is 5. The van der Waals surface area contributed by atoms with Gasteiger partial charge in [-0.2, -0.15) is 5.10 Å². The first-order chi connectivity index (χ1) is 17.4. The molecule has 0 bridgehead atoms. The van der Waals surface area contributed by atoms with Gasteiger partial charge in [0, 0.05) is 29.3 Å². The Balaban J connectivity index is 1.69. The van der Waals surface area contributed by atoms with Crippen LogP contribution in [0.15, 0.2) is 77.9 Å². The van der Waals surface area contributed by atoms with Gasteiger partial charge in [-0.1, -0.05) is 49.6 Å². The molecule has 36 heavy (non-hydrogen) atoms. The number of non-ortho nitro benzene ring substituents is 1. The molecule has 3 aromatic carbocycles. The van der Waals surface area contributed by atoms with Crippen molar-refractivity contribution in [2.24, 2.45) is 11.0 Å². The average molecular weight is 484 g/mol. The lowest BCUT2D eigenvalue weighted by atomic mass is 9.82. The number of hydrogen-bond donors (Lipinski definition) is 1. The van der Waals surface area contributed by atoms with E-state index in [0.29, 0.717) is 17.1 Å². The quantitative estimate of drug-likeness (QED) is 0.245. The fourth-order valence-electron chi connectivity index (χ4n) is 5.15. The largest absolute Gasteiger partial charge is 0.399 e. The zero-order valence-corrected chi connectivity index (χ0v) is 20.2. The number of nitrogens with two attached hydrogens (primary N) is 1. The number of fused-ring (bicyclic) bond motifs is 1. The number of carbonyl (C=O) groups excluding carboxylic acids is 1. The third-order valence-corrected chi connectivity index (χ3v) is 7.10. The molecule has 2 amide bonds. The Labute approximate surface area is 210 Å². The van der Waals surface area contributed by atoms with Gasteiger partial charge in [-0.15, -0.1) is 0 Å². The summed E-state index contributed by atoms with van der Waals surface area (Å²) in [6, 6.07) is 20.7. The summed E-state index contributed by atoms with van der Waals surface area (Å²) >= 11 is 0. The second-order valence-electron chi connectivity index (χ2n) is 9.42. The number of benzene rings is 3. The fourth-order valence-corrected chi connectivity index (χ4v) is 5.15. The SMILES string of the molecule is CC(c1ccccc1)N1N=C(C2CCCCC2)c2cc(N)ccc2N(c2ccc([N+](=O)[O-])cc2)C1=O. The molecule has 0 aromatic heterocycles. The highest BCUT2D eigenvalue weighted by molar-refractivity contribution is 6.14. The lowest BCUT2D eigenvalue weighted by Crippen LogP contribution is -2.38. The second-order valence-corrected chi connectivity index (χ2v) is 9.42. The lowest BCUT2D eigenvalue weighted by molar-refractivity contribution is -0.384. The van der Waals surface area contributed by atoms with E-state index in [4.69, 9.17) is 10.8 Å². The zero-order valence-electron chi connectivity index (χ0n) is 20.2.